The number of amides is 2. The molecule has 0 bridgehead atoms. The van der Waals surface area contributed by atoms with Crippen LogP contribution < -0.4 is 11.1 Å². The third kappa shape index (κ3) is 3.51. The Labute approximate surface area is 156 Å². The fourth-order valence-corrected chi connectivity index (χ4v) is 4.82. The van der Waals surface area contributed by atoms with Gasteiger partial charge in [0.25, 0.3) is 11.8 Å². The molecule has 0 radical (unpaired) electrons. The number of anilines is 1. The molecule has 3 rings (SSSR count). The van der Waals surface area contributed by atoms with E-state index in [4.69, 9.17) is 5.73 Å². The lowest BCUT2D eigenvalue weighted by Crippen LogP contribution is -2.27. The molecular weight excluding hydrogens is 351 g/mol. The number of carbonyl (C=O) groups is 2. The summed E-state index contributed by atoms with van der Waals surface area (Å²) in [5.41, 5.74) is 7.02. The second kappa shape index (κ2) is 6.83. The van der Waals surface area contributed by atoms with E-state index in [1.807, 2.05) is 0 Å². The first-order valence-electron chi connectivity index (χ1n) is 8.68. The summed E-state index contributed by atoms with van der Waals surface area (Å²) in [5, 5.41) is 3.12. The van der Waals surface area contributed by atoms with Gasteiger partial charge in [0.15, 0.2) is 0 Å². The summed E-state index contributed by atoms with van der Waals surface area (Å²) in [6, 6.07) is 5.77. The molecule has 2 amide bonds. The molecule has 1 aliphatic rings. The Morgan fingerprint density at radius 2 is 1.96 bits per heavy atom. The number of benzene rings is 1. The van der Waals surface area contributed by atoms with Gasteiger partial charge in [-0.3, -0.25) is 9.59 Å². The van der Waals surface area contributed by atoms with Gasteiger partial charge < -0.3 is 11.1 Å². The molecule has 0 aliphatic heterocycles. The molecule has 1 aromatic carbocycles. The highest BCUT2D eigenvalue weighted by molar-refractivity contribution is 7.17. The number of halogens is 1. The first kappa shape index (κ1) is 18.6. The zero-order valence-corrected chi connectivity index (χ0v) is 16.0. The highest BCUT2D eigenvalue weighted by atomic mass is 32.1. The van der Waals surface area contributed by atoms with Gasteiger partial charge in [-0.2, -0.15) is 0 Å². The van der Waals surface area contributed by atoms with Crippen LogP contribution in [0.4, 0.5) is 9.39 Å². The van der Waals surface area contributed by atoms with Crippen LogP contribution in [-0.2, 0) is 12.8 Å². The predicted molar refractivity (Wildman–Crippen MR) is 102 cm³/mol. The van der Waals surface area contributed by atoms with Crippen molar-refractivity contribution in [3.8, 4) is 0 Å². The first-order valence-corrected chi connectivity index (χ1v) is 9.50. The molecule has 4 nitrogen and oxygen atoms in total. The number of thiophene rings is 1. The van der Waals surface area contributed by atoms with E-state index in [1.165, 1.54) is 29.5 Å². The minimum Gasteiger partial charge on any atom is -0.365 e. The Kier molecular flexibility index (Phi) is 4.88. The van der Waals surface area contributed by atoms with E-state index >= 15 is 0 Å². The van der Waals surface area contributed by atoms with Crippen molar-refractivity contribution in [2.24, 2.45) is 17.1 Å². The van der Waals surface area contributed by atoms with Crippen molar-refractivity contribution in [3.05, 3.63) is 51.7 Å². The molecule has 2 aromatic rings. The normalized spacial score (nSPS) is 16.8. The molecule has 1 aliphatic carbocycles. The van der Waals surface area contributed by atoms with Crippen LogP contribution in [-0.4, -0.2) is 11.8 Å². The van der Waals surface area contributed by atoms with E-state index in [2.05, 4.69) is 26.1 Å². The Morgan fingerprint density at radius 1 is 1.27 bits per heavy atom. The van der Waals surface area contributed by atoms with Gasteiger partial charge in [-0.15, -0.1) is 11.3 Å². The largest absolute Gasteiger partial charge is 0.365 e. The molecular formula is C20H23FN2O2S. The summed E-state index contributed by atoms with van der Waals surface area (Å²) in [5.74, 6) is -1.22. The molecule has 1 aromatic heterocycles. The van der Waals surface area contributed by atoms with Gasteiger partial charge in [0, 0.05) is 4.88 Å². The van der Waals surface area contributed by atoms with Crippen molar-refractivity contribution < 1.29 is 14.0 Å². The van der Waals surface area contributed by atoms with Crippen molar-refractivity contribution in [3.63, 3.8) is 0 Å². The number of nitrogens with two attached hydrogens (primary N) is 1. The van der Waals surface area contributed by atoms with E-state index in [0.29, 0.717) is 16.5 Å². The van der Waals surface area contributed by atoms with Gasteiger partial charge in [0.1, 0.15) is 10.8 Å². The number of rotatable bonds is 3. The topological polar surface area (TPSA) is 72.2 Å². The quantitative estimate of drug-likeness (QED) is 0.836. The minimum absolute atomic E-state index is 0.0538. The summed E-state index contributed by atoms with van der Waals surface area (Å²) < 4.78 is 13.9. The van der Waals surface area contributed by atoms with Gasteiger partial charge in [0.05, 0.1) is 11.1 Å². The monoisotopic (exact) mass is 374 g/mol. The number of carbonyl (C=O) groups excluding carboxylic acids is 2. The third-order valence-electron chi connectivity index (χ3n) is 5.08. The van der Waals surface area contributed by atoms with Crippen LogP contribution in [0.15, 0.2) is 24.3 Å². The molecule has 138 valence electrons. The van der Waals surface area contributed by atoms with Crippen LogP contribution in [0.1, 0.15) is 58.3 Å². The lowest BCUT2D eigenvalue weighted by molar-refractivity contribution is 0.1000. The van der Waals surface area contributed by atoms with Gasteiger partial charge in [0.2, 0.25) is 0 Å². The molecule has 1 heterocycles. The summed E-state index contributed by atoms with van der Waals surface area (Å²) in [6.07, 6.45) is 2.61. The minimum atomic E-state index is -0.597. The Balaban J connectivity index is 1.94. The molecule has 0 fully saturated rings. The molecule has 26 heavy (non-hydrogen) atoms. The SMILES string of the molecule is CC(C)(C)[C@H]1CCc2c(sc(NC(=O)c3ccccc3F)c2C(N)=O)C1. The molecule has 0 saturated carbocycles. The fourth-order valence-electron chi connectivity index (χ4n) is 3.49. The van der Waals surface area contributed by atoms with E-state index in [-0.39, 0.29) is 11.0 Å². The Hall–Kier alpha value is -2.21. The highest BCUT2D eigenvalue weighted by Crippen LogP contribution is 2.44. The van der Waals surface area contributed by atoms with Crippen LogP contribution in [0.25, 0.3) is 0 Å². The van der Waals surface area contributed by atoms with E-state index in [1.54, 1.807) is 6.07 Å². The molecule has 6 heteroatoms. The van der Waals surface area contributed by atoms with Crippen LogP contribution in [0.3, 0.4) is 0 Å². The van der Waals surface area contributed by atoms with Gasteiger partial charge in [-0.1, -0.05) is 32.9 Å². The van der Waals surface area contributed by atoms with Gasteiger partial charge in [-0.25, -0.2) is 4.39 Å². The van der Waals surface area contributed by atoms with Crippen molar-refractivity contribution in [1.29, 1.82) is 0 Å². The van der Waals surface area contributed by atoms with Crippen LogP contribution in [0.2, 0.25) is 0 Å². The van der Waals surface area contributed by atoms with E-state index in [0.717, 1.165) is 29.7 Å². The maximum absolute atomic E-state index is 13.9. The summed E-state index contributed by atoms with van der Waals surface area (Å²) in [6.45, 7) is 6.64. The maximum Gasteiger partial charge on any atom is 0.259 e. The van der Waals surface area contributed by atoms with Crippen molar-refractivity contribution in [2.75, 3.05) is 5.32 Å². The molecule has 3 N–H and O–H groups in total. The fraction of sp³-hybridized carbons (Fsp3) is 0.400. The van der Waals surface area contributed by atoms with Crippen LogP contribution >= 0.6 is 11.3 Å². The summed E-state index contributed by atoms with van der Waals surface area (Å²) >= 11 is 1.38. The van der Waals surface area contributed by atoms with Crippen LogP contribution in [0, 0.1) is 17.2 Å². The number of primary amides is 1. The number of nitrogens with one attached hydrogen (secondary N) is 1. The second-order valence-corrected chi connectivity index (χ2v) is 8.92. The van der Waals surface area contributed by atoms with Gasteiger partial charge >= 0.3 is 0 Å². The van der Waals surface area contributed by atoms with Crippen molar-refractivity contribution >= 4 is 28.2 Å². The maximum atomic E-state index is 13.9. The Bertz CT molecular complexity index is 867. The standard InChI is InChI=1S/C20H23FN2O2S/c1-20(2,3)11-8-9-13-15(10-11)26-19(16(13)17(22)24)23-18(25)12-6-4-5-7-14(12)21/h4-7,11H,8-10H2,1-3H3,(H2,22,24)(H,23,25)/t11-/m0/s1. The zero-order valence-electron chi connectivity index (χ0n) is 15.2. The summed E-state index contributed by atoms with van der Waals surface area (Å²) in [7, 11) is 0. The highest BCUT2D eigenvalue weighted by Gasteiger charge is 2.33. The van der Waals surface area contributed by atoms with Gasteiger partial charge in [-0.05, 0) is 48.3 Å². The smallest absolute Gasteiger partial charge is 0.259 e. The average molecular weight is 374 g/mol. The number of hydrogen-bond donors (Lipinski definition) is 2. The van der Waals surface area contributed by atoms with Crippen molar-refractivity contribution in [1.82, 2.24) is 0 Å². The lowest BCUT2D eigenvalue weighted by Gasteiger charge is -2.33. The molecule has 0 saturated heterocycles. The van der Waals surface area contributed by atoms with E-state index < -0.39 is 17.6 Å². The first-order chi connectivity index (χ1) is 12.2. The predicted octanol–water partition coefficient (Wildman–Crippen LogP) is 4.39. The molecule has 0 unspecified atom stereocenters. The zero-order chi connectivity index (χ0) is 19.1. The third-order valence-corrected chi connectivity index (χ3v) is 6.25. The average Bonchev–Trinajstić information content (AvgIpc) is 2.91. The molecule has 1 atom stereocenters. The Morgan fingerprint density at radius 3 is 2.58 bits per heavy atom. The van der Waals surface area contributed by atoms with Crippen LogP contribution in [0.5, 0.6) is 0 Å². The second-order valence-electron chi connectivity index (χ2n) is 7.81. The number of fused-ring (bicyclic) bond motifs is 1. The van der Waals surface area contributed by atoms with Crippen molar-refractivity contribution in [2.45, 2.75) is 40.0 Å². The number of hydrogen-bond acceptors (Lipinski definition) is 3. The van der Waals surface area contributed by atoms with E-state index in [9.17, 15) is 14.0 Å². The summed E-state index contributed by atoms with van der Waals surface area (Å²) in [4.78, 5) is 25.6. The lowest BCUT2D eigenvalue weighted by atomic mass is 9.72. The molecule has 0 spiro atoms.